The predicted octanol–water partition coefficient (Wildman–Crippen LogP) is 9.62. The largest absolute Gasteiger partial charge is 0.489 e. The molecule has 2 fully saturated rings. The number of hydrogen-bond donors (Lipinski definition) is 0. The van der Waals surface area contributed by atoms with Crippen LogP contribution in [0.5, 0.6) is 5.75 Å². The van der Waals surface area contributed by atoms with E-state index in [2.05, 4.69) is 11.7 Å². The molecule has 14 heteroatoms. The fraction of sp³-hybridized carbons (Fsp3) is 0.625. The molecule has 2 aromatic carbocycles. The minimum absolute atomic E-state index is 0.104. The maximum absolute atomic E-state index is 14.0. The predicted molar refractivity (Wildman–Crippen MR) is 143 cm³/mol. The number of alkyl halides is 9. The third kappa shape index (κ3) is 6.20. The van der Waals surface area contributed by atoms with Crippen LogP contribution in [0.3, 0.4) is 0 Å². The zero-order chi connectivity index (χ0) is 33.7. The molecule has 0 spiro atoms. The summed E-state index contributed by atoms with van der Waals surface area (Å²) < 4.78 is 161. The van der Waals surface area contributed by atoms with Crippen molar-refractivity contribution in [2.24, 2.45) is 17.3 Å². The molecule has 3 aliphatic rings. The minimum Gasteiger partial charge on any atom is -0.489 e. The Morgan fingerprint density at radius 1 is 0.804 bits per heavy atom. The lowest BCUT2D eigenvalue weighted by atomic mass is 9.55. The van der Waals surface area contributed by atoms with Gasteiger partial charge in [0.25, 0.3) is 0 Å². The van der Waals surface area contributed by atoms with Gasteiger partial charge in [-0.25, -0.2) is 8.78 Å². The number of aryl methyl sites for hydroxylation is 1. The van der Waals surface area contributed by atoms with E-state index in [1.54, 1.807) is 6.07 Å². The lowest BCUT2D eigenvalue weighted by Gasteiger charge is -2.50. The highest BCUT2D eigenvalue weighted by Crippen LogP contribution is 2.62. The highest BCUT2D eigenvalue weighted by molar-refractivity contribution is 5.41. The Hall–Kier alpha value is -2.61. The van der Waals surface area contributed by atoms with Gasteiger partial charge in [-0.1, -0.05) is 13.0 Å². The maximum Gasteiger partial charge on any atom is 0.435 e. The molecule has 5 atom stereocenters. The molecule has 0 aromatic heterocycles. The van der Waals surface area contributed by atoms with Gasteiger partial charge in [0, 0.05) is 12.2 Å². The molecule has 5 rings (SSSR count). The van der Waals surface area contributed by atoms with Crippen LogP contribution in [0.1, 0.15) is 68.1 Å². The monoisotopic (exact) mass is 674 g/mol. The van der Waals surface area contributed by atoms with Crippen LogP contribution in [0.15, 0.2) is 36.4 Å². The molecule has 2 saturated carbocycles. The van der Waals surface area contributed by atoms with Crippen molar-refractivity contribution >= 4 is 0 Å². The number of fused-ring (bicyclic) bond motifs is 5. The molecule has 0 heterocycles. The van der Waals surface area contributed by atoms with E-state index in [0.29, 0.717) is 18.1 Å². The topological polar surface area (TPSA) is 27.7 Å². The van der Waals surface area contributed by atoms with Crippen molar-refractivity contribution in [3.05, 3.63) is 64.7 Å². The van der Waals surface area contributed by atoms with Gasteiger partial charge < -0.3 is 14.2 Å². The summed E-state index contributed by atoms with van der Waals surface area (Å²) in [6, 6.07) is 8.89. The Kier molecular flexibility index (Phi) is 9.39. The lowest BCUT2D eigenvalue weighted by Crippen LogP contribution is -2.67. The van der Waals surface area contributed by atoms with Crippen molar-refractivity contribution in [1.29, 1.82) is 0 Å². The van der Waals surface area contributed by atoms with Gasteiger partial charge in [-0.15, -0.1) is 0 Å². The fourth-order valence-electron chi connectivity index (χ4n) is 7.93. The van der Waals surface area contributed by atoms with E-state index in [9.17, 15) is 48.3 Å². The van der Waals surface area contributed by atoms with Crippen LogP contribution in [0, 0.1) is 28.9 Å². The Morgan fingerprint density at radius 2 is 1.50 bits per heavy atom. The molecule has 0 N–H and O–H groups in total. The Balaban J connectivity index is 1.18. The van der Waals surface area contributed by atoms with Crippen molar-refractivity contribution in [2.45, 2.75) is 94.6 Å². The Labute approximate surface area is 258 Å². The van der Waals surface area contributed by atoms with Crippen molar-refractivity contribution in [3.63, 3.8) is 0 Å². The lowest BCUT2D eigenvalue weighted by molar-refractivity contribution is -0.457. The molecule has 46 heavy (non-hydrogen) atoms. The Bertz CT molecular complexity index is 1350. The highest BCUT2D eigenvalue weighted by atomic mass is 19.4. The quantitative estimate of drug-likeness (QED) is 0.196. The van der Waals surface area contributed by atoms with Crippen molar-refractivity contribution in [1.82, 2.24) is 0 Å². The molecule has 3 nitrogen and oxygen atoms in total. The van der Waals surface area contributed by atoms with Gasteiger partial charge in [0.2, 0.25) is 0 Å². The summed E-state index contributed by atoms with van der Waals surface area (Å²) in [5.41, 5.74) is -4.19. The van der Waals surface area contributed by atoms with Gasteiger partial charge in [0.1, 0.15) is 24.0 Å². The number of benzene rings is 2. The summed E-state index contributed by atoms with van der Waals surface area (Å²) in [5.74, 6) is 0.212. The van der Waals surface area contributed by atoms with Gasteiger partial charge in [0.15, 0.2) is 0 Å². The van der Waals surface area contributed by atoms with Gasteiger partial charge in [-0.2, -0.15) is 39.5 Å². The second-order valence-corrected chi connectivity index (χ2v) is 12.7. The average molecular weight is 675 g/mol. The molecule has 256 valence electrons. The van der Waals surface area contributed by atoms with E-state index in [1.807, 2.05) is 12.1 Å². The van der Waals surface area contributed by atoms with Crippen LogP contribution >= 0.6 is 0 Å². The minimum atomic E-state index is -6.76. The molecule has 3 aliphatic carbocycles. The molecular formula is C32H33F11O3. The second-order valence-electron chi connectivity index (χ2n) is 12.7. The number of ether oxygens (including phenoxy) is 3. The molecule has 0 aliphatic heterocycles. The molecule has 0 amide bonds. The van der Waals surface area contributed by atoms with Gasteiger partial charge >= 0.3 is 24.1 Å². The normalized spacial score (nSPS) is 26.8. The Morgan fingerprint density at radius 3 is 2.17 bits per heavy atom. The summed E-state index contributed by atoms with van der Waals surface area (Å²) in [6.07, 6.45) is -16.6. The first kappa shape index (κ1) is 34.7. The summed E-state index contributed by atoms with van der Waals surface area (Å²) in [5, 5.41) is 0. The first-order valence-electron chi connectivity index (χ1n) is 15.0. The van der Waals surface area contributed by atoms with Gasteiger partial charge in [-0.3, -0.25) is 0 Å². The molecule has 0 unspecified atom stereocenters. The first-order chi connectivity index (χ1) is 21.4. The average Bonchev–Trinajstić information content (AvgIpc) is 3.29. The van der Waals surface area contributed by atoms with E-state index in [1.165, 1.54) is 5.56 Å². The molecule has 2 aromatic rings. The highest BCUT2D eigenvalue weighted by Gasteiger charge is 2.85. The van der Waals surface area contributed by atoms with Crippen LogP contribution in [0.25, 0.3) is 0 Å². The second kappa shape index (κ2) is 12.4. The van der Waals surface area contributed by atoms with Crippen LogP contribution in [-0.4, -0.2) is 43.4 Å². The molecule has 0 radical (unpaired) electrons. The van der Waals surface area contributed by atoms with Crippen LogP contribution in [0.4, 0.5) is 48.3 Å². The third-order valence-corrected chi connectivity index (χ3v) is 10.1. The summed E-state index contributed by atoms with van der Waals surface area (Å²) in [7, 11) is 0. The van der Waals surface area contributed by atoms with Crippen LogP contribution in [-0.2, 0) is 22.5 Å². The molecule has 0 bridgehead atoms. The number of halogens is 11. The van der Waals surface area contributed by atoms with E-state index in [-0.39, 0.29) is 42.1 Å². The van der Waals surface area contributed by atoms with Crippen LogP contribution in [0.2, 0.25) is 0 Å². The SMILES string of the molecule is C[C@]12CC[C@@H]3c4ccc(OCc5cc(F)ccc5F)cc4CC[C@H]3[C@@H]1CC[C@@H]2OCCCOC(C(F)(F)F)(C(F)(F)F)C(F)(F)F. The zero-order valence-electron chi connectivity index (χ0n) is 24.7. The van der Waals surface area contributed by atoms with E-state index >= 15 is 0 Å². The maximum atomic E-state index is 14.0. The molecular weight excluding hydrogens is 641 g/mol. The summed E-state index contributed by atoms with van der Waals surface area (Å²) >= 11 is 0. The van der Waals surface area contributed by atoms with Crippen LogP contribution < -0.4 is 4.74 Å². The smallest absolute Gasteiger partial charge is 0.435 e. The van der Waals surface area contributed by atoms with Crippen molar-refractivity contribution in [3.8, 4) is 5.75 Å². The van der Waals surface area contributed by atoms with E-state index in [4.69, 9.17) is 9.47 Å². The van der Waals surface area contributed by atoms with Gasteiger partial charge in [-0.05, 0) is 110 Å². The zero-order valence-corrected chi connectivity index (χ0v) is 24.7. The van der Waals surface area contributed by atoms with Crippen molar-refractivity contribution in [2.75, 3.05) is 13.2 Å². The number of hydrogen-bond acceptors (Lipinski definition) is 3. The third-order valence-electron chi connectivity index (χ3n) is 10.1. The van der Waals surface area contributed by atoms with E-state index < -0.39 is 48.8 Å². The number of rotatable bonds is 9. The first-order valence-corrected chi connectivity index (χ1v) is 15.0. The van der Waals surface area contributed by atoms with Gasteiger partial charge in [0.05, 0.1) is 12.7 Å². The molecule has 0 saturated heterocycles. The summed E-state index contributed by atoms with van der Waals surface area (Å²) in [4.78, 5) is 0. The summed E-state index contributed by atoms with van der Waals surface area (Å²) in [6.45, 7) is 0.129. The standard InChI is InChI=1S/C32H33F11O3/c1-28-12-11-23-22-7-5-21(45-17-19-15-20(33)4-9-26(19)34)16-18(22)3-6-24(23)25(28)8-10-27(28)44-13-2-14-46-29(30(35,36)37,31(38,39)40)32(41,42)43/h4-5,7,9,15-16,23-25,27H,2-3,6,8,10-14,17H2,1H3/t23-,24-,25+,27+,28+/m1/s1. The van der Waals surface area contributed by atoms with E-state index in [0.717, 1.165) is 55.9 Å². The van der Waals surface area contributed by atoms with Crippen molar-refractivity contribution < 1.29 is 62.5 Å². The fourth-order valence-corrected chi connectivity index (χ4v) is 7.93.